The number of anilines is 4. The van der Waals surface area contributed by atoms with Gasteiger partial charge in [0.2, 0.25) is 0 Å². The van der Waals surface area contributed by atoms with Gasteiger partial charge in [0, 0.05) is 33.5 Å². The van der Waals surface area contributed by atoms with Crippen LogP contribution in [0.2, 0.25) is 0 Å². The third-order valence-electron chi connectivity index (χ3n) is 3.88. The molecule has 0 spiro atoms. The van der Waals surface area contributed by atoms with Crippen molar-refractivity contribution >= 4 is 44.3 Å². The second kappa shape index (κ2) is 6.38. The highest BCUT2D eigenvalue weighted by Gasteiger charge is 1.96. The van der Waals surface area contributed by atoms with Crippen LogP contribution in [-0.4, -0.2) is 0 Å². The van der Waals surface area contributed by atoms with E-state index in [1.807, 2.05) is 72.8 Å². The molecule has 4 rings (SSSR count). The fourth-order valence-electron chi connectivity index (χ4n) is 2.64. The molecule has 0 aliphatic heterocycles. The smallest absolute Gasteiger partial charge is 0.0394 e. The average Bonchev–Trinajstić information content (AvgIpc) is 2.56. The van der Waals surface area contributed by atoms with Gasteiger partial charge in [0.05, 0.1) is 0 Å². The minimum atomic E-state index is 0.750. The van der Waals surface area contributed by atoms with Crippen molar-refractivity contribution in [3.8, 4) is 0 Å². The summed E-state index contributed by atoms with van der Waals surface area (Å²) in [5, 5.41) is 4.31. The molecule has 0 aliphatic rings. The fraction of sp³-hybridized carbons (Fsp3) is 0. The van der Waals surface area contributed by atoms with Gasteiger partial charge in [0.1, 0.15) is 0 Å². The Labute approximate surface area is 140 Å². The van der Waals surface area contributed by atoms with Crippen LogP contribution in [0, 0.1) is 0 Å². The maximum Gasteiger partial charge on any atom is 0.0394 e. The highest BCUT2D eigenvalue weighted by atomic mass is 14.6. The van der Waals surface area contributed by atoms with Crippen LogP contribution in [0.4, 0.5) is 22.7 Å². The van der Waals surface area contributed by atoms with Gasteiger partial charge in [-0.25, -0.2) is 0 Å². The van der Waals surface area contributed by atoms with E-state index in [4.69, 9.17) is 22.9 Å². The zero-order valence-corrected chi connectivity index (χ0v) is 13.2. The molecule has 24 heavy (non-hydrogen) atoms. The number of hydrogen-bond acceptors (Lipinski definition) is 4. The van der Waals surface area contributed by atoms with Gasteiger partial charge in [-0.2, -0.15) is 0 Å². The summed E-state index contributed by atoms with van der Waals surface area (Å²) in [5.74, 6) is 0. The zero-order valence-electron chi connectivity index (χ0n) is 13.2. The highest BCUT2D eigenvalue weighted by Crippen LogP contribution is 2.23. The van der Waals surface area contributed by atoms with Crippen LogP contribution < -0.4 is 22.9 Å². The van der Waals surface area contributed by atoms with Crippen molar-refractivity contribution in [1.29, 1.82) is 0 Å². The normalized spacial score (nSPS) is 10.3. The van der Waals surface area contributed by atoms with Crippen molar-refractivity contribution in [3.63, 3.8) is 0 Å². The zero-order chi connectivity index (χ0) is 17.1. The van der Waals surface area contributed by atoms with Gasteiger partial charge in [-0.3, -0.25) is 0 Å². The molecular weight excluding hydrogens is 296 g/mol. The number of hydrogen-bond donors (Lipinski definition) is 4. The molecule has 0 saturated heterocycles. The maximum absolute atomic E-state index is 5.77. The van der Waals surface area contributed by atoms with Crippen molar-refractivity contribution in [2.45, 2.75) is 0 Å². The maximum atomic E-state index is 5.77. The van der Waals surface area contributed by atoms with Crippen molar-refractivity contribution in [2.24, 2.45) is 0 Å². The van der Waals surface area contributed by atoms with Crippen molar-refractivity contribution in [1.82, 2.24) is 0 Å². The van der Waals surface area contributed by atoms with Crippen LogP contribution in [0.5, 0.6) is 0 Å². The SMILES string of the molecule is Nc1ccc2c(N)cccc2c1.Nc1ccc2cccc(N)c2c1. The Morgan fingerprint density at radius 3 is 1.79 bits per heavy atom. The van der Waals surface area contributed by atoms with Crippen LogP contribution >= 0.6 is 0 Å². The highest BCUT2D eigenvalue weighted by molar-refractivity contribution is 5.95. The molecule has 0 bridgehead atoms. The Morgan fingerprint density at radius 2 is 1.04 bits per heavy atom. The number of fused-ring (bicyclic) bond motifs is 2. The monoisotopic (exact) mass is 316 g/mol. The van der Waals surface area contributed by atoms with Gasteiger partial charge in [-0.1, -0.05) is 36.4 Å². The molecule has 8 N–H and O–H groups in total. The number of nitrogen functional groups attached to an aromatic ring is 4. The molecule has 4 nitrogen and oxygen atoms in total. The van der Waals surface area contributed by atoms with Crippen molar-refractivity contribution in [3.05, 3.63) is 72.8 Å². The van der Waals surface area contributed by atoms with Crippen molar-refractivity contribution < 1.29 is 0 Å². The number of nitrogens with two attached hydrogens (primary N) is 4. The summed E-state index contributed by atoms with van der Waals surface area (Å²) >= 11 is 0. The summed E-state index contributed by atoms with van der Waals surface area (Å²) in [7, 11) is 0. The van der Waals surface area contributed by atoms with Crippen molar-refractivity contribution in [2.75, 3.05) is 22.9 Å². The Balaban J connectivity index is 0.000000141. The van der Waals surface area contributed by atoms with Gasteiger partial charge in [-0.15, -0.1) is 0 Å². The molecular formula is C20H20N4. The van der Waals surface area contributed by atoms with Crippen LogP contribution in [0.15, 0.2) is 72.8 Å². The Morgan fingerprint density at radius 1 is 0.458 bits per heavy atom. The van der Waals surface area contributed by atoms with E-state index in [0.29, 0.717) is 0 Å². The molecule has 0 heterocycles. The summed E-state index contributed by atoms with van der Waals surface area (Å²) in [6.45, 7) is 0. The lowest BCUT2D eigenvalue weighted by Gasteiger charge is -2.01. The predicted octanol–water partition coefficient (Wildman–Crippen LogP) is 4.01. The van der Waals surface area contributed by atoms with E-state index >= 15 is 0 Å². The second-order valence-electron chi connectivity index (χ2n) is 5.66. The number of rotatable bonds is 0. The molecule has 0 atom stereocenters. The fourth-order valence-corrected chi connectivity index (χ4v) is 2.64. The molecule has 0 amide bonds. The average molecular weight is 316 g/mol. The molecule has 0 fully saturated rings. The summed E-state index contributed by atoms with van der Waals surface area (Å²) < 4.78 is 0. The topological polar surface area (TPSA) is 104 Å². The third kappa shape index (κ3) is 3.17. The summed E-state index contributed by atoms with van der Waals surface area (Å²) in [6.07, 6.45) is 0. The first-order chi connectivity index (χ1) is 11.5. The second-order valence-corrected chi connectivity index (χ2v) is 5.66. The molecule has 4 aromatic rings. The van der Waals surface area contributed by atoms with E-state index in [9.17, 15) is 0 Å². The molecule has 0 radical (unpaired) electrons. The quantitative estimate of drug-likeness (QED) is 0.368. The molecule has 0 aliphatic carbocycles. The predicted molar refractivity (Wildman–Crippen MR) is 106 cm³/mol. The minimum Gasteiger partial charge on any atom is -0.399 e. The molecule has 0 saturated carbocycles. The molecule has 0 unspecified atom stereocenters. The molecule has 120 valence electrons. The van der Waals surface area contributed by atoms with E-state index in [1.165, 1.54) is 0 Å². The van der Waals surface area contributed by atoms with E-state index in [-0.39, 0.29) is 0 Å². The largest absolute Gasteiger partial charge is 0.399 e. The molecule has 4 heteroatoms. The first kappa shape index (κ1) is 15.5. The molecule has 4 aromatic carbocycles. The van der Waals surface area contributed by atoms with Crippen LogP contribution in [0.25, 0.3) is 21.5 Å². The third-order valence-corrected chi connectivity index (χ3v) is 3.88. The summed E-state index contributed by atoms with van der Waals surface area (Å²) in [6, 6.07) is 23.1. The van der Waals surface area contributed by atoms with E-state index in [0.717, 1.165) is 44.3 Å². The number of benzene rings is 4. The Kier molecular flexibility index (Phi) is 4.12. The van der Waals surface area contributed by atoms with Gasteiger partial charge in [0.15, 0.2) is 0 Å². The molecule has 0 aromatic heterocycles. The van der Waals surface area contributed by atoms with Crippen LogP contribution in [0.3, 0.4) is 0 Å². The van der Waals surface area contributed by atoms with E-state index < -0.39 is 0 Å². The van der Waals surface area contributed by atoms with Gasteiger partial charge >= 0.3 is 0 Å². The van der Waals surface area contributed by atoms with Crippen LogP contribution in [0.1, 0.15) is 0 Å². The van der Waals surface area contributed by atoms with E-state index in [1.54, 1.807) is 0 Å². The van der Waals surface area contributed by atoms with Gasteiger partial charge < -0.3 is 22.9 Å². The van der Waals surface area contributed by atoms with Crippen LogP contribution in [-0.2, 0) is 0 Å². The standard InChI is InChI=1S/2C10H10N2/c11-8-4-5-9-7(6-8)2-1-3-10(9)12;11-8-5-4-7-2-1-3-10(12)9(7)6-8/h2*1-6H,11-12H2. The summed E-state index contributed by atoms with van der Waals surface area (Å²) in [5.41, 5.74) is 25.9. The summed E-state index contributed by atoms with van der Waals surface area (Å²) in [4.78, 5) is 0. The Bertz CT molecular complexity index is 1010. The lowest BCUT2D eigenvalue weighted by atomic mass is 10.1. The lowest BCUT2D eigenvalue weighted by Crippen LogP contribution is -1.88. The van der Waals surface area contributed by atoms with E-state index in [2.05, 4.69) is 0 Å². The van der Waals surface area contributed by atoms with Gasteiger partial charge in [0.25, 0.3) is 0 Å². The lowest BCUT2D eigenvalue weighted by molar-refractivity contribution is 1.71. The first-order valence-electron chi connectivity index (χ1n) is 7.62. The van der Waals surface area contributed by atoms with Gasteiger partial charge in [-0.05, 0) is 47.2 Å². The first-order valence-corrected chi connectivity index (χ1v) is 7.62. The minimum absolute atomic E-state index is 0.750. The Hall–Kier alpha value is -3.40.